The van der Waals surface area contributed by atoms with Crippen molar-refractivity contribution < 1.29 is 5.21 Å². The van der Waals surface area contributed by atoms with E-state index in [-0.39, 0.29) is 17.7 Å². The molecule has 0 unspecified atom stereocenters. The molecule has 6 rings (SSSR count). The van der Waals surface area contributed by atoms with Crippen LogP contribution in [0.1, 0.15) is 27.8 Å². The lowest BCUT2D eigenvalue weighted by Gasteiger charge is -2.11. The molecule has 2 heterocycles. The van der Waals surface area contributed by atoms with Gasteiger partial charge >= 0.3 is 0 Å². The molecule has 0 saturated carbocycles. The maximum Gasteiger partial charge on any atom is 0.222 e. The zero-order valence-electron chi connectivity index (χ0n) is 30.2. The number of anilines is 5. The smallest absolute Gasteiger partial charge is 0.222 e. The highest BCUT2D eigenvalue weighted by atomic mass is 35.5. The van der Waals surface area contributed by atoms with E-state index < -0.39 is 0 Å². The van der Waals surface area contributed by atoms with Gasteiger partial charge in [0.1, 0.15) is 11.6 Å². The molecule has 55 heavy (non-hydrogen) atoms. The van der Waals surface area contributed by atoms with Gasteiger partial charge in [-0.2, -0.15) is 15.2 Å². The molecule has 0 bridgehead atoms. The highest BCUT2D eigenvalue weighted by Gasteiger charge is 2.11. The first-order valence-corrected chi connectivity index (χ1v) is 17.9. The Morgan fingerprint density at radius 2 is 1.16 bits per heavy atom. The van der Waals surface area contributed by atoms with Gasteiger partial charge in [-0.3, -0.25) is 5.32 Å². The summed E-state index contributed by atoms with van der Waals surface area (Å²) in [6.07, 6.45) is 3.48. The van der Waals surface area contributed by atoms with Crippen molar-refractivity contribution in [2.24, 2.45) is 10.9 Å². The molecule has 4 aromatic carbocycles. The fourth-order valence-corrected chi connectivity index (χ4v) is 5.90. The average molecular weight is 776 g/mol. The lowest BCUT2D eigenvalue weighted by Crippen LogP contribution is -2.13. The molecule has 6 aromatic rings. The van der Waals surface area contributed by atoms with Gasteiger partial charge in [0, 0.05) is 57.6 Å². The fourth-order valence-electron chi connectivity index (χ4n) is 5.55. The van der Waals surface area contributed by atoms with Crippen molar-refractivity contribution >= 4 is 58.3 Å². The number of nitriles is 1. The molecule has 0 atom stereocenters. The Hall–Kier alpha value is -6.62. The van der Waals surface area contributed by atoms with Gasteiger partial charge in [-0.15, -0.1) is 0 Å². The minimum atomic E-state index is 0.0879. The Morgan fingerprint density at radius 1 is 0.709 bits per heavy atom. The predicted octanol–water partition coefficient (Wildman–Crippen LogP) is 7.67. The van der Waals surface area contributed by atoms with Gasteiger partial charge in [0.25, 0.3) is 0 Å². The van der Waals surface area contributed by atoms with E-state index in [4.69, 9.17) is 50.9 Å². The summed E-state index contributed by atoms with van der Waals surface area (Å²) in [5.41, 5.74) is 26.2. The number of benzene rings is 4. The first-order valence-electron chi connectivity index (χ1n) is 17.1. The van der Waals surface area contributed by atoms with Gasteiger partial charge in [-0.05, 0) is 73.2 Å². The first-order chi connectivity index (χ1) is 26.5. The van der Waals surface area contributed by atoms with E-state index in [9.17, 15) is 0 Å². The van der Waals surface area contributed by atoms with Crippen molar-refractivity contribution in [1.29, 1.82) is 5.26 Å². The molecule has 0 aliphatic rings. The van der Waals surface area contributed by atoms with E-state index >= 15 is 0 Å². The second-order valence-electron chi connectivity index (χ2n) is 12.3. The lowest BCUT2D eigenvalue weighted by atomic mass is 10.1. The van der Waals surface area contributed by atoms with Crippen LogP contribution in [-0.2, 0) is 12.8 Å². The topological polar surface area (TPSA) is 222 Å². The van der Waals surface area contributed by atoms with Crippen molar-refractivity contribution in [3.8, 4) is 28.7 Å². The zero-order valence-corrected chi connectivity index (χ0v) is 31.7. The van der Waals surface area contributed by atoms with Crippen LogP contribution in [0, 0.1) is 25.3 Å². The summed E-state index contributed by atoms with van der Waals surface area (Å²) in [4.78, 5) is 17.2. The van der Waals surface area contributed by atoms with Crippen LogP contribution in [0.2, 0.25) is 10.0 Å². The van der Waals surface area contributed by atoms with Crippen LogP contribution < -0.4 is 33.2 Å². The number of rotatable bonds is 12. The molecule has 0 aliphatic carbocycles. The molecule has 0 radical (unpaired) electrons. The van der Waals surface area contributed by atoms with Gasteiger partial charge in [0.15, 0.2) is 12.0 Å². The average Bonchev–Trinajstić information content (AvgIpc) is 3.17. The van der Waals surface area contributed by atoms with Crippen LogP contribution in [-0.4, -0.2) is 44.1 Å². The molecule has 0 amide bonds. The summed E-state index contributed by atoms with van der Waals surface area (Å²) in [5, 5.41) is 30.8. The van der Waals surface area contributed by atoms with Gasteiger partial charge in [-0.25, -0.2) is 9.97 Å². The fraction of sp³-hybridized carbons (Fsp3) is 0.150. The molecule has 10 N–H and O–H groups in total. The first kappa shape index (κ1) is 39.6. The number of nitrogens with two attached hydrogens (primary N) is 3. The number of nitrogen functional groups attached to an aromatic ring is 2. The standard InChI is InChI=1S/C20H21ClN6O.C20H19ClN6/c1-12-15(3-2-4-16(12)21)17-11-18(26-20(23)25-17)24-10-9-13-5-7-14(8-6-13)19(22)27-28;1-13-16(3-2-4-17(13)21)18-11-19(27-20(23)26-18)24-10-9-14-5-7-15(8-6-14)25-12-22/h2-8,11,28H,9-10H2,1H3,(H2,22,27)(H3,23,24,25,26);2-8,11,25H,9-10H2,1H3,(H3,23,24,26,27). The van der Waals surface area contributed by atoms with Crippen molar-refractivity contribution in [1.82, 2.24) is 19.9 Å². The number of aromatic nitrogens is 4. The largest absolute Gasteiger partial charge is 0.409 e. The molecular formula is C40H40Cl2N12O. The van der Waals surface area contributed by atoms with Crippen LogP contribution in [0.4, 0.5) is 29.2 Å². The molecule has 13 nitrogen and oxygen atoms in total. The molecule has 15 heteroatoms. The molecule has 0 aliphatic heterocycles. The summed E-state index contributed by atoms with van der Waals surface area (Å²) < 4.78 is 0. The Labute approximate surface area is 329 Å². The number of oxime groups is 1. The maximum absolute atomic E-state index is 8.71. The maximum atomic E-state index is 8.71. The minimum Gasteiger partial charge on any atom is -0.409 e. The third-order valence-electron chi connectivity index (χ3n) is 8.53. The summed E-state index contributed by atoms with van der Waals surface area (Å²) in [6, 6.07) is 30.3. The third kappa shape index (κ3) is 11.0. The van der Waals surface area contributed by atoms with E-state index in [2.05, 4.69) is 41.0 Å². The van der Waals surface area contributed by atoms with Crippen LogP contribution in [0.5, 0.6) is 0 Å². The molecule has 0 fully saturated rings. The van der Waals surface area contributed by atoms with Crippen molar-refractivity contribution in [2.45, 2.75) is 26.7 Å². The summed E-state index contributed by atoms with van der Waals surface area (Å²) >= 11 is 12.4. The Bertz CT molecular complexity index is 2310. The summed E-state index contributed by atoms with van der Waals surface area (Å²) in [6.45, 7) is 5.25. The zero-order chi connectivity index (χ0) is 39.3. The SMILES string of the molecule is Cc1c(Cl)cccc1-c1cc(NCCc2ccc(C(N)=NO)cc2)nc(N)n1.Cc1c(Cl)cccc1-c1cc(NCCc2ccc(NC#N)cc2)nc(N)n1. The van der Waals surface area contributed by atoms with Crippen LogP contribution in [0.25, 0.3) is 22.5 Å². The quantitative estimate of drug-likeness (QED) is 0.0159. The monoisotopic (exact) mass is 774 g/mol. The number of nitrogens with zero attached hydrogens (tertiary/aromatic N) is 6. The van der Waals surface area contributed by atoms with Gasteiger partial charge in [0.2, 0.25) is 11.9 Å². The Kier molecular flexibility index (Phi) is 13.6. The second kappa shape index (κ2) is 18.9. The van der Waals surface area contributed by atoms with E-state index in [1.54, 1.807) is 0 Å². The van der Waals surface area contributed by atoms with E-state index in [0.717, 1.165) is 63.3 Å². The van der Waals surface area contributed by atoms with E-state index in [1.165, 1.54) is 0 Å². The summed E-state index contributed by atoms with van der Waals surface area (Å²) in [5.74, 6) is 1.81. The Balaban J connectivity index is 0.000000211. The van der Waals surface area contributed by atoms with Gasteiger partial charge in [0.05, 0.1) is 11.4 Å². The summed E-state index contributed by atoms with van der Waals surface area (Å²) in [7, 11) is 0. The van der Waals surface area contributed by atoms with E-state index in [1.807, 2.05) is 117 Å². The van der Waals surface area contributed by atoms with Gasteiger partial charge in [-0.1, -0.05) is 89.0 Å². The van der Waals surface area contributed by atoms with Gasteiger partial charge < -0.3 is 33.0 Å². The van der Waals surface area contributed by atoms with Crippen LogP contribution in [0.3, 0.4) is 0 Å². The normalized spacial score (nSPS) is 10.9. The van der Waals surface area contributed by atoms with Crippen LogP contribution >= 0.6 is 23.2 Å². The Morgan fingerprint density at radius 3 is 1.60 bits per heavy atom. The predicted molar refractivity (Wildman–Crippen MR) is 222 cm³/mol. The number of hydrogen-bond acceptors (Lipinski definition) is 12. The van der Waals surface area contributed by atoms with Crippen LogP contribution in [0.15, 0.2) is 102 Å². The molecule has 0 saturated heterocycles. The van der Waals surface area contributed by atoms with E-state index in [0.29, 0.717) is 40.3 Å². The number of halogens is 2. The highest BCUT2D eigenvalue weighted by molar-refractivity contribution is 6.32. The molecule has 280 valence electrons. The van der Waals surface area contributed by atoms with Crippen molar-refractivity contribution in [2.75, 3.05) is 40.5 Å². The van der Waals surface area contributed by atoms with Crippen molar-refractivity contribution in [3.05, 3.63) is 135 Å². The molecular weight excluding hydrogens is 735 g/mol. The number of nitrogens with one attached hydrogen (secondary N) is 3. The van der Waals surface area contributed by atoms with Crippen molar-refractivity contribution in [3.63, 3.8) is 0 Å². The molecule has 0 spiro atoms. The number of amidine groups is 1. The second-order valence-corrected chi connectivity index (χ2v) is 13.1. The third-order valence-corrected chi connectivity index (χ3v) is 9.34. The highest BCUT2D eigenvalue weighted by Crippen LogP contribution is 2.30. The molecule has 2 aromatic heterocycles. The number of hydrogen-bond donors (Lipinski definition) is 7. The lowest BCUT2D eigenvalue weighted by molar-refractivity contribution is 0.318. The minimum absolute atomic E-state index is 0.0879.